The van der Waals surface area contributed by atoms with Crippen molar-refractivity contribution in [3.63, 3.8) is 0 Å². The minimum absolute atomic E-state index is 0.0639. The summed E-state index contributed by atoms with van der Waals surface area (Å²) in [6.07, 6.45) is 1.59. The summed E-state index contributed by atoms with van der Waals surface area (Å²) >= 11 is 10.4. The number of aryl methyl sites for hydroxylation is 1. The molecule has 1 aliphatic heterocycles. The molecule has 0 spiro atoms. The second kappa shape index (κ2) is 7.61. The monoisotopic (exact) mass is 451 g/mol. The van der Waals surface area contributed by atoms with Crippen molar-refractivity contribution in [2.75, 3.05) is 0 Å². The molecule has 0 aliphatic carbocycles. The lowest BCUT2D eigenvalue weighted by molar-refractivity contribution is -0.385. The Morgan fingerprint density at radius 2 is 2.08 bits per heavy atom. The highest BCUT2D eigenvalue weighted by atomic mass is 79.9. The van der Waals surface area contributed by atoms with E-state index in [1.165, 1.54) is 6.07 Å². The van der Waals surface area contributed by atoms with Crippen molar-refractivity contribution in [1.82, 2.24) is 5.32 Å². The first kappa shape index (κ1) is 18.6. The number of benzene rings is 2. The maximum atomic E-state index is 12.1. The van der Waals surface area contributed by atoms with Crippen LogP contribution < -0.4 is 5.32 Å². The number of carbonyl (C=O) groups excluding carboxylic acids is 1. The molecule has 3 rings (SSSR count). The highest BCUT2D eigenvalue weighted by Gasteiger charge is 2.24. The molecule has 9 heteroatoms. The first-order chi connectivity index (χ1) is 12.3. The summed E-state index contributed by atoms with van der Waals surface area (Å²) in [5.41, 5.74) is 2.06. The molecule has 0 saturated carbocycles. The van der Waals surface area contributed by atoms with Crippen LogP contribution in [0.1, 0.15) is 11.1 Å². The molecule has 2 aromatic carbocycles. The number of amides is 1. The van der Waals surface area contributed by atoms with E-state index >= 15 is 0 Å². The Morgan fingerprint density at radius 1 is 1.31 bits per heavy atom. The van der Waals surface area contributed by atoms with Gasteiger partial charge in [0.15, 0.2) is 5.17 Å². The van der Waals surface area contributed by atoms with Crippen molar-refractivity contribution < 1.29 is 9.72 Å². The fourth-order valence-corrected chi connectivity index (χ4v) is 3.57. The second-order valence-electron chi connectivity index (χ2n) is 5.38. The Hall–Kier alpha value is -2.16. The number of nitrogens with one attached hydrogen (secondary N) is 1. The molecule has 0 aromatic heterocycles. The van der Waals surface area contributed by atoms with Crippen LogP contribution in [-0.4, -0.2) is 16.0 Å². The van der Waals surface area contributed by atoms with Gasteiger partial charge in [-0.25, -0.2) is 4.99 Å². The van der Waals surface area contributed by atoms with Gasteiger partial charge in [0.2, 0.25) is 0 Å². The van der Waals surface area contributed by atoms with Gasteiger partial charge in [0.05, 0.1) is 20.0 Å². The molecule has 0 bridgehead atoms. The quantitative estimate of drug-likeness (QED) is 0.393. The van der Waals surface area contributed by atoms with Gasteiger partial charge in [0.1, 0.15) is 0 Å². The van der Waals surface area contributed by atoms with Crippen LogP contribution in [0.5, 0.6) is 0 Å². The van der Waals surface area contributed by atoms with E-state index in [9.17, 15) is 14.9 Å². The maximum absolute atomic E-state index is 12.1. The van der Waals surface area contributed by atoms with E-state index in [1.54, 1.807) is 30.3 Å². The number of nitrogens with zero attached hydrogens (tertiary/aromatic N) is 2. The molecule has 1 amide bonds. The van der Waals surface area contributed by atoms with E-state index < -0.39 is 4.92 Å². The van der Waals surface area contributed by atoms with Crippen molar-refractivity contribution in [1.29, 1.82) is 0 Å². The van der Waals surface area contributed by atoms with E-state index in [2.05, 4.69) is 26.2 Å². The zero-order chi connectivity index (χ0) is 18.8. The van der Waals surface area contributed by atoms with Gasteiger partial charge < -0.3 is 5.32 Å². The van der Waals surface area contributed by atoms with Crippen molar-refractivity contribution >= 4 is 67.8 Å². The number of aliphatic imine (C=N–C) groups is 1. The summed E-state index contributed by atoms with van der Waals surface area (Å²) in [6, 6.07) is 10.0. The zero-order valence-electron chi connectivity index (χ0n) is 13.3. The average Bonchev–Trinajstić information content (AvgIpc) is 2.92. The van der Waals surface area contributed by atoms with Crippen molar-refractivity contribution in [3.05, 3.63) is 72.0 Å². The highest BCUT2D eigenvalue weighted by Crippen LogP contribution is 2.31. The number of nitro groups is 1. The molecule has 0 radical (unpaired) electrons. The van der Waals surface area contributed by atoms with Crippen LogP contribution in [0.4, 0.5) is 11.4 Å². The molecule has 1 N–H and O–H groups in total. The van der Waals surface area contributed by atoms with Gasteiger partial charge in [-0.2, -0.15) is 0 Å². The highest BCUT2D eigenvalue weighted by molar-refractivity contribution is 9.10. The Balaban J connectivity index is 1.86. The van der Waals surface area contributed by atoms with E-state index in [-0.39, 0.29) is 11.6 Å². The lowest BCUT2D eigenvalue weighted by atomic mass is 10.2. The van der Waals surface area contributed by atoms with E-state index in [1.807, 2.05) is 13.0 Å². The smallest absolute Gasteiger partial charge is 0.284 e. The van der Waals surface area contributed by atoms with Crippen LogP contribution in [-0.2, 0) is 4.79 Å². The van der Waals surface area contributed by atoms with Crippen LogP contribution in [0.3, 0.4) is 0 Å². The number of carbonyl (C=O) groups is 1. The Kier molecular flexibility index (Phi) is 5.45. The fraction of sp³-hybridized carbons (Fsp3) is 0.0588. The predicted molar refractivity (Wildman–Crippen MR) is 108 cm³/mol. The summed E-state index contributed by atoms with van der Waals surface area (Å²) in [7, 11) is 0. The minimum Gasteiger partial charge on any atom is -0.300 e. The third-order valence-electron chi connectivity index (χ3n) is 3.50. The predicted octanol–water partition coefficient (Wildman–Crippen LogP) is 5.21. The molecule has 2 aromatic rings. The number of thioether (sulfide) groups is 1. The topological polar surface area (TPSA) is 84.6 Å². The SMILES string of the molecule is Cc1ccc(N=C2NC(=O)C(=Cc3ccc(Br)c([N+](=O)[O-])c3)S2)cc1Cl. The summed E-state index contributed by atoms with van der Waals surface area (Å²) in [4.78, 5) is 27.4. The van der Waals surface area contributed by atoms with Crippen LogP contribution in [0.2, 0.25) is 5.02 Å². The summed E-state index contributed by atoms with van der Waals surface area (Å²) in [5, 5.41) is 14.7. The lowest BCUT2D eigenvalue weighted by Crippen LogP contribution is -2.19. The van der Waals surface area contributed by atoms with Gasteiger partial charge in [0.25, 0.3) is 11.6 Å². The van der Waals surface area contributed by atoms with E-state index in [0.717, 1.165) is 17.3 Å². The standard InChI is InChI=1S/C17H11BrClN3O3S/c1-9-2-4-11(8-13(9)19)20-17-21-16(23)15(26-17)7-10-3-5-12(18)14(6-10)22(24)25/h2-8H,1H3,(H,20,21,23). The Labute approximate surface area is 166 Å². The van der Waals surface area contributed by atoms with Crippen molar-refractivity contribution in [3.8, 4) is 0 Å². The lowest BCUT2D eigenvalue weighted by Gasteiger charge is -2.00. The first-order valence-corrected chi connectivity index (χ1v) is 9.32. The van der Waals surface area contributed by atoms with Gasteiger partial charge in [-0.3, -0.25) is 14.9 Å². The average molecular weight is 453 g/mol. The van der Waals surface area contributed by atoms with Gasteiger partial charge in [-0.1, -0.05) is 23.7 Å². The molecular formula is C17H11BrClN3O3S. The molecule has 1 aliphatic rings. The zero-order valence-corrected chi connectivity index (χ0v) is 16.5. The Morgan fingerprint density at radius 3 is 2.77 bits per heavy atom. The third kappa shape index (κ3) is 4.14. The molecule has 1 fully saturated rings. The minimum atomic E-state index is -0.484. The molecule has 1 saturated heterocycles. The Bertz CT molecular complexity index is 991. The molecular weight excluding hydrogens is 442 g/mol. The third-order valence-corrected chi connectivity index (χ3v) is 5.49. The number of hydrogen-bond donors (Lipinski definition) is 1. The van der Waals surface area contributed by atoms with Gasteiger partial charge in [-0.05, 0) is 70.0 Å². The van der Waals surface area contributed by atoms with Crippen LogP contribution in [0, 0.1) is 17.0 Å². The summed E-state index contributed by atoms with van der Waals surface area (Å²) in [5.74, 6) is -0.308. The summed E-state index contributed by atoms with van der Waals surface area (Å²) in [6.45, 7) is 1.89. The number of rotatable bonds is 3. The van der Waals surface area contributed by atoms with Crippen LogP contribution >= 0.6 is 39.3 Å². The van der Waals surface area contributed by atoms with Crippen molar-refractivity contribution in [2.24, 2.45) is 4.99 Å². The van der Waals surface area contributed by atoms with Gasteiger partial charge in [0, 0.05) is 11.1 Å². The first-order valence-electron chi connectivity index (χ1n) is 7.33. The molecule has 132 valence electrons. The van der Waals surface area contributed by atoms with Gasteiger partial charge >= 0.3 is 0 Å². The second-order valence-corrected chi connectivity index (χ2v) is 7.68. The van der Waals surface area contributed by atoms with E-state index in [0.29, 0.717) is 30.8 Å². The fourth-order valence-electron chi connectivity index (χ4n) is 2.16. The van der Waals surface area contributed by atoms with E-state index in [4.69, 9.17) is 11.6 Å². The molecule has 26 heavy (non-hydrogen) atoms. The number of amidine groups is 1. The molecule has 0 atom stereocenters. The van der Waals surface area contributed by atoms with Gasteiger partial charge in [-0.15, -0.1) is 0 Å². The van der Waals surface area contributed by atoms with Crippen LogP contribution in [0.15, 0.2) is 50.8 Å². The number of halogens is 2. The number of nitro benzene ring substituents is 1. The normalized spacial score (nSPS) is 17.0. The van der Waals surface area contributed by atoms with Crippen LogP contribution in [0.25, 0.3) is 6.08 Å². The molecule has 1 heterocycles. The summed E-state index contributed by atoms with van der Waals surface area (Å²) < 4.78 is 0.381. The molecule has 6 nitrogen and oxygen atoms in total. The maximum Gasteiger partial charge on any atom is 0.284 e. The number of hydrogen-bond acceptors (Lipinski definition) is 5. The van der Waals surface area contributed by atoms with Crippen molar-refractivity contribution in [2.45, 2.75) is 6.92 Å². The largest absolute Gasteiger partial charge is 0.300 e. The molecule has 0 unspecified atom stereocenters.